The van der Waals surface area contributed by atoms with Crippen LogP contribution in [0.25, 0.3) is 10.9 Å². The van der Waals surface area contributed by atoms with Crippen molar-refractivity contribution in [2.45, 2.75) is 24.3 Å². The number of para-hydroxylation sites is 1. The summed E-state index contributed by atoms with van der Waals surface area (Å²) in [6.07, 6.45) is 0.861. The lowest BCUT2D eigenvalue weighted by Crippen LogP contribution is -2.33. The Morgan fingerprint density at radius 2 is 1.95 bits per heavy atom. The van der Waals surface area contributed by atoms with E-state index in [1.165, 1.54) is 0 Å². The Morgan fingerprint density at radius 1 is 1.27 bits per heavy atom. The van der Waals surface area contributed by atoms with Crippen molar-refractivity contribution in [1.82, 2.24) is 14.2 Å². The Morgan fingerprint density at radius 3 is 2.59 bits per heavy atom. The molecule has 2 aromatic rings. The first-order valence-electron chi connectivity index (χ1n) is 7.18. The maximum atomic E-state index is 13.0. The minimum absolute atomic E-state index is 0. The summed E-state index contributed by atoms with van der Waals surface area (Å²) in [5.41, 5.74) is 1.75. The molecule has 3 rings (SSSR count). The summed E-state index contributed by atoms with van der Waals surface area (Å²) >= 11 is 0. The molecule has 122 valence electrons. The average Bonchev–Trinajstić information content (AvgIpc) is 3.05. The molecule has 22 heavy (non-hydrogen) atoms. The molecule has 0 spiro atoms. The fraction of sp³-hybridized carbons (Fsp3) is 0.467. The first-order chi connectivity index (χ1) is 9.96. The van der Waals surface area contributed by atoms with Gasteiger partial charge in [0.1, 0.15) is 4.90 Å². The zero-order valence-electron chi connectivity index (χ0n) is 13.0. The monoisotopic (exact) mass is 343 g/mol. The van der Waals surface area contributed by atoms with Crippen molar-refractivity contribution in [3.63, 3.8) is 0 Å². The smallest absolute Gasteiger partial charge is 0.245 e. The van der Waals surface area contributed by atoms with Crippen LogP contribution in [0.2, 0.25) is 0 Å². The standard InChI is InChI=1S/C15H21N3O2S.ClH/c1-11-15(13-6-4-5-7-14(13)17(11)3)21(19,20)18-9-8-12(10-18)16-2;/h4-7,12,16H,8-10H2,1-3H3;1H. The summed E-state index contributed by atoms with van der Waals surface area (Å²) in [4.78, 5) is 0.456. The van der Waals surface area contributed by atoms with E-state index in [1.54, 1.807) is 4.31 Å². The molecule has 0 amide bonds. The summed E-state index contributed by atoms with van der Waals surface area (Å²) < 4.78 is 29.6. The number of fused-ring (bicyclic) bond motifs is 1. The highest BCUT2D eigenvalue weighted by atomic mass is 35.5. The topological polar surface area (TPSA) is 54.3 Å². The maximum Gasteiger partial charge on any atom is 0.245 e. The van der Waals surface area contributed by atoms with Gasteiger partial charge >= 0.3 is 0 Å². The van der Waals surface area contributed by atoms with Crippen molar-refractivity contribution in [3.05, 3.63) is 30.0 Å². The van der Waals surface area contributed by atoms with E-state index >= 15 is 0 Å². The van der Waals surface area contributed by atoms with E-state index in [2.05, 4.69) is 5.32 Å². The van der Waals surface area contributed by atoms with Crippen LogP contribution in [0.4, 0.5) is 0 Å². The number of aryl methyl sites for hydroxylation is 1. The van der Waals surface area contributed by atoms with Gasteiger partial charge in [-0.3, -0.25) is 0 Å². The van der Waals surface area contributed by atoms with Crippen LogP contribution in [0.5, 0.6) is 0 Å². The van der Waals surface area contributed by atoms with Gasteiger partial charge < -0.3 is 9.88 Å². The quantitative estimate of drug-likeness (QED) is 0.926. The van der Waals surface area contributed by atoms with Crippen LogP contribution in [0.3, 0.4) is 0 Å². The minimum Gasteiger partial charge on any atom is -0.347 e. The van der Waals surface area contributed by atoms with Gasteiger partial charge in [-0.25, -0.2) is 8.42 Å². The molecule has 1 aliphatic heterocycles. The van der Waals surface area contributed by atoms with Crippen LogP contribution in [-0.2, 0) is 17.1 Å². The number of rotatable bonds is 3. The predicted octanol–water partition coefficient (Wildman–Crippen LogP) is 1.89. The normalized spacial score (nSPS) is 19.5. The summed E-state index contributed by atoms with van der Waals surface area (Å²) in [7, 11) is 0.347. The molecule has 7 heteroatoms. The summed E-state index contributed by atoms with van der Waals surface area (Å²) in [5, 5.41) is 3.97. The van der Waals surface area contributed by atoms with Crippen LogP contribution in [-0.4, -0.2) is 43.5 Å². The zero-order chi connectivity index (χ0) is 15.2. The fourth-order valence-corrected chi connectivity index (χ4v) is 5.06. The van der Waals surface area contributed by atoms with Gasteiger partial charge in [0.2, 0.25) is 10.0 Å². The lowest BCUT2D eigenvalue weighted by atomic mass is 10.2. The van der Waals surface area contributed by atoms with E-state index in [0.717, 1.165) is 23.0 Å². The van der Waals surface area contributed by atoms with Crippen molar-refractivity contribution in [3.8, 4) is 0 Å². The third kappa shape index (κ3) is 2.54. The maximum absolute atomic E-state index is 13.0. The molecule has 0 aliphatic carbocycles. The van der Waals surface area contributed by atoms with Crippen LogP contribution < -0.4 is 5.32 Å². The van der Waals surface area contributed by atoms with Crippen molar-refractivity contribution in [1.29, 1.82) is 0 Å². The lowest BCUT2D eigenvalue weighted by molar-refractivity contribution is 0.464. The van der Waals surface area contributed by atoms with Crippen LogP contribution in [0.1, 0.15) is 12.1 Å². The van der Waals surface area contributed by atoms with E-state index in [-0.39, 0.29) is 18.4 Å². The van der Waals surface area contributed by atoms with Gasteiger partial charge in [0.15, 0.2) is 0 Å². The SMILES string of the molecule is CNC1CCN(S(=O)(=O)c2c(C)n(C)c3ccccc23)C1.Cl. The van der Waals surface area contributed by atoms with Gasteiger partial charge in [-0.2, -0.15) is 4.31 Å². The molecule has 1 aromatic heterocycles. The number of aromatic nitrogens is 1. The highest BCUT2D eigenvalue weighted by Crippen LogP contribution is 2.32. The third-order valence-corrected chi connectivity index (χ3v) is 6.54. The number of hydrogen-bond acceptors (Lipinski definition) is 3. The first-order valence-corrected chi connectivity index (χ1v) is 8.62. The van der Waals surface area contributed by atoms with Gasteiger partial charge in [0.25, 0.3) is 0 Å². The first kappa shape index (κ1) is 17.3. The Labute approximate surface area is 137 Å². The molecule has 1 saturated heterocycles. The molecule has 0 radical (unpaired) electrons. The number of benzene rings is 1. The van der Waals surface area contributed by atoms with Gasteiger partial charge in [0.05, 0.1) is 0 Å². The number of likely N-dealkylation sites (N-methyl/N-ethyl adjacent to an activating group) is 1. The molecule has 1 unspecified atom stereocenters. The Bertz CT molecular complexity index is 785. The van der Waals surface area contributed by atoms with Crippen LogP contribution in [0.15, 0.2) is 29.2 Å². The Hall–Kier alpha value is -1.08. The van der Waals surface area contributed by atoms with Gasteiger partial charge in [-0.15, -0.1) is 12.4 Å². The van der Waals surface area contributed by atoms with E-state index in [0.29, 0.717) is 18.0 Å². The molecule has 1 aliphatic rings. The summed E-state index contributed by atoms with van der Waals surface area (Å²) in [6, 6.07) is 7.92. The molecule has 0 saturated carbocycles. The molecule has 1 atom stereocenters. The van der Waals surface area contributed by atoms with Crippen molar-refractivity contribution >= 4 is 33.3 Å². The second kappa shape index (κ2) is 6.20. The molecular formula is C15H22ClN3O2S. The summed E-state index contributed by atoms with van der Waals surface area (Å²) in [5.74, 6) is 0. The third-order valence-electron chi connectivity index (χ3n) is 4.50. The Balaban J connectivity index is 0.00000176. The number of nitrogens with zero attached hydrogens (tertiary/aromatic N) is 2. The molecule has 5 nitrogen and oxygen atoms in total. The summed E-state index contributed by atoms with van der Waals surface area (Å²) in [6.45, 7) is 3.00. The van der Waals surface area contributed by atoms with E-state index in [4.69, 9.17) is 0 Å². The Kier molecular flexibility index (Phi) is 4.87. The second-order valence-corrected chi connectivity index (χ2v) is 7.50. The van der Waals surface area contributed by atoms with Crippen molar-refractivity contribution in [2.75, 3.05) is 20.1 Å². The van der Waals surface area contributed by atoms with Crippen molar-refractivity contribution in [2.24, 2.45) is 7.05 Å². The molecule has 2 heterocycles. The zero-order valence-corrected chi connectivity index (χ0v) is 14.7. The van der Waals surface area contributed by atoms with Gasteiger partial charge in [-0.1, -0.05) is 18.2 Å². The molecular weight excluding hydrogens is 322 g/mol. The van der Waals surface area contributed by atoms with Gasteiger partial charge in [0, 0.05) is 42.8 Å². The molecule has 0 bridgehead atoms. The second-order valence-electron chi connectivity index (χ2n) is 5.63. The fourth-order valence-electron chi connectivity index (χ4n) is 3.12. The molecule has 1 N–H and O–H groups in total. The number of halogens is 1. The molecule has 1 fully saturated rings. The van der Waals surface area contributed by atoms with E-state index in [1.807, 2.05) is 49.9 Å². The highest BCUT2D eigenvalue weighted by Gasteiger charge is 2.35. The van der Waals surface area contributed by atoms with Crippen molar-refractivity contribution < 1.29 is 8.42 Å². The molecule has 1 aromatic carbocycles. The van der Waals surface area contributed by atoms with E-state index in [9.17, 15) is 8.42 Å². The average molecular weight is 344 g/mol. The number of sulfonamides is 1. The van der Waals surface area contributed by atoms with Crippen LogP contribution in [0, 0.1) is 6.92 Å². The minimum atomic E-state index is -3.45. The highest BCUT2D eigenvalue weighted by molar-refractivity contribution is 7.89. The largest absolute Gasteiger partial charge is 0.347 e. The van der Waals surface area contributed by atoms with E-state index < -0.39 is 10.0 Å². The predicted molar refractivity (Wildman–Crippen MR) is 91.1 cm³/mol. The van der Waals surface area contributed by atoms with Gasteiger partial charge in [-0.05, 0) is 26.5 Å². The van der Waals surface area contributed by atoms with Crippen LogP contribution >= 0.6 is 12.4 Å². The lowest BCUT2D eigenvalue weighted by Gasteiger charge is -2.17. The number of hydrogen-bond donors (Lipinski definition) is 1. The number of nitrogens with one attached hydrogen (secondary N) is 1.